The molecule has 0 radical (unpaired) electrons. The van der Waals surface area contributed by atoms with Crippen molar-refractivity contribution in [3.8, 4) is 0 Å². The van der Waals surface area contributed by atoms with E-state index in [1.165, 1.54) is 11.3 Å². The lowest BCUT2D eigenvalue weighted by Gasteiger charge is -2.07. The minimum atomic E-state index is -0.366. The van der Waals surface area contributed by atoms with Crippen molar-refractivity contribution in [2.24, 2.45) is 0 Å². The van der Waals surface area contributed by atoms with Gasteiger partial charge in [0.2, 0.25) is 0 Å². The third-order valence-electron chi connectivity index (χ3n) is 1.90. The lowest BCUT2D eigenvalue weighted by molar-refractivity contribution is 0.0957. The van der Waals surface area contributed by atoms with Crippen LogP contribution in [0.3, 0.4) is 0 Å². The average molecular weight is 386 g/mol. The molecule has 1 rings (SSSR count). The summed E-state index contributed by atoms with van der Waals surface area (Å²) in [5, 5.41) is 14.8. The summed E-state index contributed by atoms with van der Waals surface area (Å²) >= 11 is 8.07. The number of aliphatic hydroxyl groups excluding tert-OH is 1. The van der Waals surface area contributed by atoms with E-state index in [9.17, 15) is 4.79 Å². The molecule has 3 N–H and O–H groups in total. The molecule has 1 unspecified atom stereocenters. The van der Waals surface area contributed by atoms with Gasteiger partial charge in [0.15, 0.2) is 0 Å². The number of carbonyl (C=O) groups excluding carboxylic acids is 1. The summed E-state index contributed by atoms with van der Waals surface area (Å²) in [4.78, 5) is 12.4. The van der Waals surface area contributed by atoms with Crippen LogP contribution in [0.1, 0.15) is 16.6 Å². The minimum absolute atomic E-state index is 0.0831. The van der Waals surface area contributed by atoms with Gasteiger partial charge >= 0.3 is 0 Å². The van der Waals surface area contributed by atoms with Gasteiger partial charge in [0.25, 0.3) is 5.91 Å². The molecule has 1 aromatic heterocycles. The normalized spacial score (nSPS) is 12.5. The van der Waals surface area contributed by atoms with E-state index in [0.717, 1.165) is 8.26 Å². The predicted molar refractivity (Wildman–Crippen MR) is 76.6 cm³/mol. The molecule has 1 atom stereocenters. The Labute approximate surface area is 121 Å². The summed E-state index contributed by atoms with van der Waals surface area (Å²) in [6, 6.07) is 1.79. The van der Waals surface area contributed by atoms with Crippen LogP contribution in [0.4, 0.5) is 0 Å². The Morgan fingerprint density at radius 2 is 2.24 bits per heavy atom. The zero-order valence-electron chi connectivity index (χ0n) is 9.30. The van der Waals surface area contributed by atoms with Crippen LogP contribution < -0.4 is 10.6 Å². The maximum atomic E-state index is 11.7. The summed E-state index contributed by atoms with van der Waals surface area (Å²) in [5.41, 5.74) is 0. The molecule has 1 amide bonds. The molecule has 0 fully saturated rings. The first-order valence-electron chi connectivity index (χ1n) is 5.12. The SMILES string of the molecule is CC(O)CNCCNC(=O)c1cc(Br)c(Br)s1. The van der Waals surface area contributed by atoms with Crippen molar-refractivity contribution in [2.75, 3.05) is 19.6 Å². The fraction of sp³-hybridized carbons (Fsp3) is 0.500. The van der Waals surface area contributed by atoms with Gasteiger partial charge in [0.05, 0.1) is 14.8 Å². The van der Waals surface area contributed by atoms with Crippen molar-refractivity contribution in [2.45, 2.75) is 13.0 Å². The third kappa shape index (κ3) is 5.48. The van der Waals surface area contributed by atoms with E-state index >= 15 is 0 Å². The molecule has 0 aromatic carbocycles. The second-order valence-corrected chi connectivity index (χ2v) is 6.77. The van der Waals surface area contributed by atoms with Crippen molar-refractivity contribution in [1.82, 2.24) is 10.6 Å². The van der Waals surface area contributed by atoms with E-state index in [2.05, 4.69) is 42.5 Å². The number of hydrogen-bond acceptors (Lipinski definition) is 4. The number of thiophene rings is 1. The van der Waals surface area contributed by atoms with Crippen molar-refractivity contribution >= 4 is 49.1 Å². The van der Waals surface area contributed by atoms with E-state index in [1.807, 2.05) is 0 Å². The number of carbonyl (C=O) groups is 1. The lowest BCUT2D eigenvalue weighted by atomic mass is 10.4. The first-order chi connectivity index (χ1) is 8.00. The quantitative estimate of drug-likeness (QED) is 0.656. The van der Waals surface area contributed by atoms with Crippen molar-refractivity contribution in [3.63, 3.8) is 0 Å². The molecule has 0 aliphatic heterocycles. The second kappa shape index (κ2) is 7.48. The monoisotopic (exact) mass is 384 g/mol. The van der Waals surface area contributed by atoms with Crippen LogP contribution in [0.5, 0.6) is 0 Å². The summed E-state index contributed by atoms with van der Waals surface area (Å²) in [5.74, 6) is -0.0831. The molecule has 0 aliphatic rings. The van der Waals surface area contributed by atoms with Gasteiger partial charge in [0, 0.05) is 24.1 Å². The van der Waals surface area contributed by atoms with E-state index in [1.54, 1.807) is 13.0 Å². The highest BCUT2D eigenvalue weighted by Gasteiger charge is 2.11. The molecular formula is C10H14Br2N2O2S. The van der Waals surface area contributed by atoms with E-state index in [0.29, 0.717) is 24.5 Å². The maximum absolute atomic E-state index is 11.7. The zero-order valence-corrected chi connectivity index (χ0v) is 13.3. The van der Waals surface area contributed by atoms with Crippen LogP contribution in [0.2, 0.25) is 0 Å². The molecule has 0 saturated heterocycles. The molecule has 0 bridgehead atoms. The largest absolute Gasteiger partial charge is 0.392 e. The van der Waals surface area contributed by atoms with Crippen LogP contribution in [-0.4, -0.2) is 36.8 Å². The number of nitrogens with one attached hydrogen (secondary N) is 2. The van der Waals surface area contributed by atoms with Crippen molar-refractivity contribution < 1.29 is 9.90 Å². The minimum Gasteiger partial charge on any atom is -0.392 e. The maximum Gasteiger partial charge on any atom is 0.261 e. The Bertz CT molecular complexity index is 363. The van der Waals surface area contributed by atoms with Gasteiger partial charge in [-0.1, -0.05) is 0 Å². The van der Waals surface area contributed by atoms with E-state index < -0.39 is 0 Å². The average Bonchev–Trinajstić information content (AvgIpc) is 2.58. The smallest absolute Gasteiger partial charge is 0.261 e. The molecule has 96 valence electrons. The van der Waals surface area contributed by atoms with Crippen molar-refractivity contribution in [3.05, 3.63) is 19.2 Å². The molecule has 1 heterocycles. The van der Waals surface area contributed by atoms with Crippen LogP contribution in [0.25, 0.3) is 0 Å². The van der Waals surface area contributed by atoms with Gasteiger partial charge in [-0.15, -0.1) is 11.3 Å². The fourth-order valence-corrected chi connectivity index (χ4v) is 3.07. The van der Waals surface area contributed by atoms with Crippen LogP contribution in [0, 0.1) is 0 Å². The standard InChI is InChI=1S/C10H14Br2N2O2S/c1-6(15)5-13-2-3-14-10(16)8-4-7(11)9(12)17-8/h4,6,13,15H,2-3,5H2,1H3,(H,14,16). The molecule has 7 heteroatoms. The van der Waals surface area contributed by atoms with Crippen LogP contribution in [0.15, 0.2) is 14.3 Å². The molecule has 4 nitrogen and oxygen atoms in total. The first-order valence-corrected chi connectivity index (χ1v) is 7.52. The number of halogens is 2. The Hall–Kier alpha value is 0.0500. The fourth-order valence-electron chi connectivity index (χ4n) is 1.12. The highest BCUT2D eigenvalue weighted by molar-refractivity contribution is 9.13. The van der Waals surface area contributed by atoms with Gasteiger partial charge in [-0.25, -0.2) is 0 Å². The predicted octanol–water partition coefficient (Wildman–Crippen LogP) is 1.97. The Morgan fingerprint density at radius 1 is 1.53 bits per heavy atom. The van der Waals surface area contributed by atoms with Crippen LogP contribution in [-0.2, 0) is 0 Å². The van der Waals surface area contributed by atoms with Gasteiger partial charge in [-0.3, -0.25) is 4.79 Å². The number of aliphatic hydroxyl groups is 1. The second-order valence-electron chi connectivity index (χ2n) is 3.54. The Kier molecular flexibility index (Phi) is 6.65. The summed E-state index contributed by atoms with van der Waals surface area (Å²) < 4.78 is 1.80. The molecule has 0 aliphatic carbocycles. The first kappa shape index (κ1) is 15.1. The van der Waals surface area contributed by atoms with Gasteiger partial charge < -0.3 is 15.7 Å². The Balaban J connectivity index is 2.26. The van der Waals surface area contributed by atoms with E-state index in [-0.39, 0.29) is 12.0 Å². The molecule has 0 spiro atoms. The summed E-state index contributed by atoms with van der Waals surface area (Å²) in [6.45, 7) is 3.43. The van der Waals surface area contributed by atoms with Gasteiger partial charge in [-0.2, -0.15) is 0 Å². The van der Waals surface area contributed by atoms with E-state index in [4.69, 9.17) is 5.11 Å². The van der Waals surface area contributed by atoms with Gasteiger partial charge in [-0.05, 0) is 44.8 Å². The highest BCUT2D eigenvalue weighted by Crippen LogP contribution is 2.32. The molecule has 17 heavy (non-hydrogen) atoms. The third-order valence-corrected chi connectivity index (χ3v) is 5.15. The highest BCUT2D eigenvalue weighted by atomic mass is 79.9. The molecular weight excluding hydrogens is 372 g/mol. The lowest BCUT2D eigenvalue weighted by Crippen LogP contribution is -2.34. The number of amides is 1. The molecule has 1 aromatic rings. The van der Waals surface area contributed by atoms with Crippen LogP contribution >= 0.6 is 43.2 Å². The Morgan fingerprint density at radius 3 is 2.76 bits per heavy atom. The summed E-state index contributed by atoms with van der Waals surface area (Å²) in [7, 11) is 0. The van der Waals surface area contributed by atoms with Gasteiger partial charge in [0.1, 0.15) is 0 Å². The number of rotatable bonds is 6. The summed E-state index contributed by atoms with van der Waals surface area (Å²) in [6.07, 6.45) is -0.366. The topological polar surface area (TPSA) is 61.4 Å². The zero-order chi connectivity index (χ0) is 12.8. The number of hydrogen-bond donors (Lipinski definition) is 3. The van der Waals surface area contributed by atoms with Crippen molar-refractivity contribution in [1.29, 1.82) is 0 Å². The molecule has 0 saturated carbocycles.